The molecule has 30 heavy (non-hydrogen) atoms. The van der Waals surface area contributed by atoms with Gasteiger partial charge in [0.15, 0.2) is 0 Å². The lowest BCUT2D eigenvalue weighted by atomic mass is 10.1. The highest BCUT2D eigenvalue weighted by molar-refractivity contribution is 8.00. The maximum Gasteiger partial charge on any atom is 0.335 e. The largest absolute Gasteiger partial charge is 0.478 e. The molecule has 4 rings (SSSR count). The topological polar surface area (TPSA) is 78.6 Å². The van der Waals surface area contributed by atoms with Gasteiger partial charge in [0.2, 0.25) is 0 Å². The average molecular weight is 424 g/mol. The molecule has 1 aliphatic rings. The molecular weight excluding hydrogens is 398 g/mol. The highest BCUT2D eigenvalue weighted by atomic mass is 32.2. The van der Waals surface area contributed by atoms with Gasteiger partial charge < -0.3 is 19.3 Å². The van der Waals surface area contributed by atoms with Crippen LogP contribution in [0.25, 0.3) is 11.1 Å². The SMILES string of the molecule is CCc1ccc(C(=O)O)cc1SNc1cc(-c2cnoc2)ccc1N1CCCCC1. The first-order chi connectivity index (χ1) is 14.7. The molecule has 1 aromatic heterocycles. The van der Waals surface area contributed by atoms with E-state index < -0.39 is 5.97 Å². The summed E-state index contributed by atoms with van der Waals surface area (Å²) in [6, 6.07) is 11.6. The van der Waals surface area contributed by atoms with Crippen LogP contribution in [0.15, 0.2) is 58.3 Å². The molecule has 1 aliphatic heterocycles. The number of hydrogen-bond acceptors (Lipinski definition) is 6. The molecule has 0 amide bonds. The second-order valence-electron chi connectivity index (χ2n) is 7.38. The van der Waals surface area contributed by atoms with Crippen molar-refractivity contribution in [1.82, 2.24) is 5.16 Å². The van der Waals surface area contributed by atoms with Gasteiger partial charge in [-0.1, -0.05) is 24.2 Å². The quantitative estimate of drug-likeness (QED) is 0.471. The number of aryl methyl sites for hydroxylation is 1. The summed E-state index contributed by atoms with van der Waals surface area (Å²) in [6.45, 7) is 4.16. The van der Waals surface area contributed by atoms with Crippen molar-refractivity contribution in [2.45, 2.75) is 37.5 Å². The molecule has 0 radical (unpaired) electrons. The maximum absolute atomic E-state index is 11.4. The Labute approximate surface area is 180 Å². The molecule has 6 nitrogen and oxygen atoms in total. The van der Waals surface area contributed by atoms with Crippen LogP contribution in [0.3, 0.4) is 0 Å². The van der Waals surface area contributed by atoms with E-state index in [0.717, 1.165) is 52.5 Å². The molecule has 0 spiro atoms. The highest BCUT2D eigenvalue weighted by Gasteiger charge is 2.17. The van der Waals surface area contributed by atoms with Gasteiger partial charge in [-0.3, -0.25) is 0 Å². The lowest BCUT2D eigenvalue weighted by Gasteiger charge is -2.31. The van der Waals surface area contributed by atoms with Gasteiger partial charge in [0, 0.05) is 23.5 Å². The van der Waals surface area contributed by atoms with Gasteiger partial charge in [-0.15, -0.1) is 0 Å². The predicted octanol–water partition coefficient (Wildman–Crippen LogP) is 5.71. The van der Waals surface area contributed by atoms with Crippen molar-refractivity contribution in [3.05, 3.63) is 60.0 Å². The Hall–Kier alpha value is -2.93. The lowest BCUT2D eigenvalue weighted by molar-refractivity contribution is 0.0696. The number of hydrogen-bond donors (Lipinski definition) is 2. The van der Waals surface area contributed by atoms with Gasteiger partial charge >= 0.3 is 5.97 Å². The average Bonchev–Trinajstić information content (AvgIpc) is 3.33. The summed E-state index contributed by atoms with van der Waals surface area (Å²) in [5.41, 5.74) is 5.53. The second kappa shape index (κ2) is 9.26. The summed E-state index contributed by atoms with van der Waals surface area (Å²) in [5.74, 6) is -0.914. The third-order valence-electron chi connectivity index (χ3n) is 5.42. The fraction of sp³-hybridized carbons (Fsp3) is 0.304. The Bertz CT molecular complexity index is 1010. The van der Waals surface area contributed by atoms with Crippen molar-refractivity contribution in [1.29, 1.82) is 0 Å². The first kappa shape index (κ1) is 20.3. The van der Waals surface area contributed by atoms with E-state index in [0.29, 0.717) is 5.56 Å². The smallest absolute Gasteiger partial charge is 0.335 e. The van der Waals surface area contributed by atoms with Crippen molar-refractivity contribution < 1.29 is 14.4 Å². The maximum atomic E-state index is 11.4. The zero-order valence-corrected chi connectivity index (χ0v) is 17.7. The van der Waals surface area contributed by atoms with Crippen LogP contribution in [0.4, 0.5) is 11.4 Å². The molecule has 1 fully saturated rings. The highest BCUT2D eigenvalue weighted by Crippen LogP contribution is 2.36. The third-order valence-corrected chi connectivity index (χ3v) is 6.35. The number of aromatic carboxylic acids is 1. The number of carbonyl (C=O) groups is 1. The van der Waals surface area contributed by atoms with Gasteiger partial charge in [-0.2, -0.15) is 0 Å². The minimum Gasteiger partial charge on any atom is -0.478 e. The molecule has 3 aromatic rings. The zero-order valence-electron chi connectivity index (χ0n) is 16.9. The van der Waals surface area contributed by atoms with E-state index in [2.05, 4.69) is 39.9 Å². The number of carboxylic acid groups (broad SMARTS) is 1. The van der Waals surface area contributed by atoms with Gasteiger partial charge in [0.1, 0.15) is 6.26 Å². The predicted molar refractivity (Wildman–Crippen MR) is 120 cm³/mol. The van der Waals surface area contributed by atoms with E-state index in [9.17, 15) is 9.90 Å². The molecule has 156 valence electrons. The molecule has 0 bridgehead atoms. The van der Waals surface area contributed by atoms with Crippen LogP contribution in [-0.4, -0.2) is 29.3 Å². The number of benzene rings is 2. The van der Waals surface area contributed by atoms with Crippen LogP contribution in [0, 0.1) is 0 Å². The summed E-state index contributed by atoms with van der Waals surface area (Å²) >= 11 is 1.46. The number of rotatable bonds is 7. The molecule has 0 unspecified atom stereocenters. The van der Waals surface area contributed by atoms with Gasteiger partial charge in [0.25, 0.3) is 0 Å². The first-order valence-electron chi connectivity index (χ1n) is 10.2. The summed E-state index contributed by atoms with van der Waals surface area (Å²) < 4.78 is 8.51. The molecule has 0 atom stereocenters. The van der Waals surface area contributed by atoms with Crippen molar-refractivity contribution >= 4 is 29.3 Å². The van der Waals surface area contributed by atoms with Crippen molar-refractivity contribution in [3.8, 4) is 11.1 Å². The fourth-order valence-corrected chi connectivity index (χ4v) is 4.65. The standard InChI is InChI=1S/C23H25N3O3S/c1-2-16-6-7-18(23(27)28)13-22(16)30-25-20-12-17(19-14-24-29-15-19)8-9-21(20)26-10-4-3-5-11-26/h6-9,12-15,25H,2-5,10-11H2,1H3,(H,27,28). The summed E-state index contributed by atoms with van der Waals surface area (Å²) in [5, 5.41) is 13.2. The van der Waals surface area contributed by atoms with Crippen LogP contribution in [0.5, 0.6) is 0 Å². The summed E-state index contributed by atoms with van der Waals surface area (Å²) in [4.78, 5) is 14.8. The Morgan fingerprint density at radius 1 is 1.17 bits per heavy atom. The van der Waals surface area contributed by atoms with Crippen molar-refractivity contribution in [2.75, 3.05) is 22.7 Å². The van der Waals surface area contributed by atoms with E-state index in [1.807, 2.05) is 6.07 Å². The van der Waals surface area contributed by atoms with Crippen molar-refractivity contribution in [2.24, 2.45) is 0 Å². The molecular formula is C23H25N3O3S. The van der Waals surface area contributed by atoms with E-state index in [1.54, 1.807) is 24.6 Å². The molecule has 1 saturated heterocycles. The first-order valence-corrected chi connectivity index (χ1v) is 11.0. The number of anilines is 2. The summed E-state index contributed by atoms with van der Waals surface area (Å²) in [6.07, 6.45) is 7.84. The third kappa shape index (κ3) is 4.46. The Morgan fingerprint density at radius 2 is 2.00 bits per heavy atom. The van der Waals surface area contributed by atoms with E-state index in [-0.39, 0.29) is 0 Å². The van der Waals surface area contributed by atoms with Crippen LogP contribution in [-0.2, 0) is 6.42 Å². The molecule has 2 heterocycles. The van der Waals surface area contributed by atoms with Crippen molar-refractivity contribution in [3.63, 3.8) is 0 Å². The Morgan fingerprint density at radius 3 is 2.70 bits per heavy atom. The monoisotopic (exact) mass is 423 g/mol. The number of piperidine rings is 1. The fourth-order valence-electron chi connectivity index (χ4n) is 3.74. The van der Waals surface area contributed by atoms with E-state index in [1.165, 1.54) is 31.2 Å². The van der Waals surface area contributed by atoms with Gasteiger partial charge in [-0.05, 0) is 73.0 Å². The van der Waals surface area contributed by atoms with Crippen LogP contribution < -0.4 is 9.62 Å². The molecule has 0 aliphatic carbocycles. The van der Waals surface area contributed by atoms with Crippen LogP contribution in [0.1, 0.15) is 42.1 Å². The Balaban J connectivity index is 1.65. The number of nitrogens with one attached hydrogen (secondary N) is 1. The minimum absolute atomic E-state index is 0.297. The lowest BCUT2D eigenvalue weighted by Crippen LogP contribution is -2.29. The van der Waals surface area contributed by atoms with E-state index >= 15 is 0 Å². The number of nitrogens with zero attached hydrogens (tertiary/aromatic N) is 2. The molecule has 0 saturated carbocycles. The second-order valence-corrected chi connectivity index (χ2v) is 8.23. The van der Waals surface area contributed by atoms with E-state index in [4.69, 9.17) is 4.52 Å². The Kier molecular flexibility index (Phi) is 6.28. The molecule has 2 aromatic carbocycles. The minimum atomic E-state index is -0.914. The van der Waals surface area contributed by atoms with Gasteiger partial charge in [-0.25, -0.2) is 4.79 Å². The molecule has 2 N–H and O–H groups in total. The number of aromatic nitrogens is 1. The van der Waals surface area contributed by atoms with Crippen LogP contribution >= 0.6 is 11.9 Å². The van der Waals surface area contributed by atoms with Gasteiger partial charge in [0.05, 0.1) is 23.1 Å². The number of carboxylic acids is 1. The summed E-state index contributed by atoms with van der Waals surface area (Å²) in [7, 11) is 0. The van der Waals surface area contributed by atoms with Crippen LogP contribution in [0.2, 0.25) is 0 Å². The zero-order chi connectivity index (χ0) is 20.9. The normalized spacial score (nSPS) is 14.0. The molecule has 7 heteroatoms.